The Bertz CT molecular complexity index is 772. The largest absolute Gasteiger partial charge is 0.492 e. The fraction of sp³-hybridized carbons (Fsp3) is 0.364. The first-order valence-electron chi connectivity index (χ1n) is 9.28. The first-order valence-corrected chi connectivity index (χ1v) is 10.1. The Balaban J connectivity index is 2.07. The van der Waals surface area contributed by atoms with Crippen LogP contribution in [-0.4, -0.2) is 30.5 Å². The third-order valence-electron chi connectivity index (χ3n) is 4.23. The molecule has 0 unspecified atom stereocenters. The summed E-state index contributed by atoms with van der Waals surface area (Å²) in [6, 6.07) is 17.6. The monoisotopic (exact) mass is 428 g/mol. The SMILES string of the molecule is CCCCOc1ccc(C(=O)N(CCC#N)CCc2ccccc2)cc1Br. The van der Waals surface area contributed by atoms with Crippen LogP contribution in [0, 0.1) is 11.3 Å². The Labute approximate surface area is 169 Å². The zero-order valence-electron chi connectivity index (χ0n) is 15.7. The summed E-state index contributed by atoms with van der Waals surface area (Å²) in [7, 11) is 0. The molecule has 0 aliphatic rings. The van der Waals surface area contributed by atoms with Crippen LogP contribution >= 0.6 is 15.9 Å². The van der Waals surface area contributed by atoms with E-state index in [4.69, 9.17) is 10.00 Å². The van der Waals surface area contributed by atoms with Gasteiger partial charge in [-0.25, -0.2) is 0 Å². The summed E-state index contributed by atoms with van der Waals surface area (Å²) in [6.45, 7) is 3.78. The maximum Gasteiger partial charge on any atom is 0.253 e. The molecule has 5 heteroatoms. The van der Waals surface area contributed by atoms with Crippen LogP contribution in [-0.2, 0) is 6.42 Å². The second-order valence-corrected chi connectivity index (χ2v) is 7.14. The van der Waals surface area contributed by atoms with Crippen LogP contribution in [0.4, 0.5) is 0 Å². The highest BCUT2D eigenvalue weighted by molar-refractivity contribution is 9.10. The summed E-state index contributed by atoms with van der Waals surface area (Å²) >= 11 is 3.50. The van der Waals surface area contributed by atoms with E-state index in [0.717, 1.165) is 29.5 Å². The van der Waals surface area contributed by atoms with Gasteiger partial charge in [-0.05, 0) is 52.5 Å². The topological polar surface area (TPSA) is 53.3 Å². The molecule has 0 radical (unpaired) electrons. The Hall–Kier alpha value is -2.32. The van der Waals surface area contributed by atoms with E-state index < -0.39 is 0 Å². The zero-order valence-corrected chi connectivity index (χ0v) is 17.2. The van der Waals surface area contributed by atoms with E-state index in [1.807, 2.05) is 36.4 Å². The van der Waals surface area contributed by atoms with Crippen LogP contribution < -0.4 is 4.74 Å². The van der Waals surface area contributed by atoms with Gasteiger partial charge in [0, 0.05) is 18.7 Å². The van der Waals surface area contributed by atoms with E-state index >= 15 is 0 Å². The van der Waals surface area contributed by atoms with Crippen LogP contribution in [0.1, 0.15) is 42.1 Å². The van der Waals surface area contributed by atoms with Crippen LogP contribution in [0.2, 0.25) is 0 Å². The molecule has 0 aliphatic carbocycles. The summed E-state index contributed by atoms with van der Waals surface area (Å²) in [5.74, 6) is 0.676. The molecule has 0 bridgehead atoms. The van der Waals surface area contributed by atoms with Gasteiger partial charge in [-0.3, -0.25) is 4.79 Å². The first-order chi connectivity index (χ1) is 13.2. The van der Waals surface area contributed by atoms with E-state index in [2.05, 4.69) is 28.9 Å². The van der Waals surface area contributed by atoms with E-state index in [-0.39, 0.29) is 5.91 Å². The Kier molecular flexibility index (Phi) is 8.86. The molecule has 2 rings (SSSR count). The van der Waals surface area contributed by atoms with Gasteiger partial charge in [-0.15, -0.1) is 0 Å². The minimum atomic E-state index is -0.0676. The second kappa shape index (κ2) is 11.4. The van der Waals surface area contributed by atoms with Crippen molar-refractivity contribution in [1.29, 1.82) is 5.26 Å². The molecule has 0 aliphatic heterocycles. The lowest BCUT2D eigenvalue weighted by Crippen LogP contribution is -2.33. The van der Waals surface area contributed by atoms with Crippen molar-refractivity contribution in [2.24, 2.45) is 0 Å². The van der Waals surface area contributed by atoms with Crippen molar-refractivity contribution in [2.75, 3.05) is 19.7 Å². The van der Waals surface area contributed by atoms with Gasteiger partial charge in [0.15, 0.2) is 0 Å². The second-order valence-electron chi connectivity index (χ2n) is 6.28. The predicted octanol–water partition coefficient (Wildman–Crippen LogP) is 5.23. The van der Waals surface area contributed by atoms with Crippen LogP contribution in [0.5, 0.6) is 5.75 Å². The lowest BCUT2D eigenvalue weighted by molar-refractivity contribution is 0.0760. The Morgan fingerprint density at radius 3 is 2.63 bits per heavy atom. The number of benzene rings is 2. The lowest BCUT2D eigenvalue weighted by Gasteiger charge is -2.22. The number of nitriles is 1. The van der Waals surface area contributed by atoms with Crippen LogP contribution in [0.3, 0.4) is 0 Å². The molecule has 2 aromatic rings. The predicted molar refractivity (Wildman–Crippen MR) is 111 cm³/mol. The molecule has 0 heterocycles. The van der Waals surface area contributed by atoms with Gasteiger partial charge in [0.05, 0.1) is 23.6 Å². The molecular formula is C22H25BrN2O2. The average molecular weight is 429 g/mol. The van der Waals surface area contributed by atoms with Gasteiger partial charge in [-0.2, -0.15) is 5.26 Å². The molecule has 4 nitrogen and oxygen atoms in total. The molecule has 0 aromatic heterocycles. The third kappa shape index (κ3) is 6.73. The molecule has 27 heavy (non-hydrogen) atoms. The summed E-state index contributed by atoms with van der Waals surface area (Å²) in [6.07, 6.45) is 3.15. The molecule has 0 spiro atoms. The smallest absolute Gasteiger partial charge is 0.253 e. The van der Waals surface area contributed by atoms with Crippen LogP contribution in [0.15, 0.2) is 53.0 Å². The normalized spacial score (nSPS) is 10.3. The molecule has 0 saturated heterocycles. The third-order valence-corrected chi connectivity index (χ3v) is 4.85. The number of amides is 1. The standard InChI is InChI=1S/C22H25BrN2O2/c1-2-3-16-27-21-11-10-19(17-20(21)23)22(26)25(14-7-13-24)15-12-18-8-5-4-6-9-18/h4-6,8-11,17H,2-3,7,12,14-16H2,1H3. The molecule has 1 amide bonds. The van der Waals surface area contributed by atoms with E-state index in [9.17, 15) is 4.79 Å². The fourth-order valence-corrected chi connectivity index (χ4v) is 3.16. The molecule has 0 fully saturated rings. The number of hydrogen-bond acceptors (Lipinski definition) is 3. The number of rotatable bonds is 10. The molecule has 0 atom stereocenters. The number of carbonyl (C=O) groups is 1. The van der Waals surface area contributed by atoms with E-state index in [1.165, 1.54) is 5.56 Å². The average Bonchev–Trinajstić information content (AvgIpc) is 2.69. The van der Waals surface area contributed by atoms with Crippen molar-refractivity contribution in [3.05, 3.63) is 64.1 Å². The van der Waals surface area contributed by atoms with Gasteiger partial charge >= 0.3 is 0 Å². The number of carbonyl (C=O) groups excluding carboxylic acids is 1. The summed E-state index contributed by atoms with van der Waals surface area (Å²) in [4.78, 5) is 14.7. The molecule has 2 aromatic carbocycles. The van der Waals surface area contributed by atoms with Crippen molar-refractivity contribution in [3.8, 4) is 11.8 Å². The van der Waals surface area contributed by atoms with Gasteiger partial charge in [0.25, 0.3) is 5.91 Å². The van der Waals surface area contributed by atoms with Crippen molar-refractivity contribution in [2.45, 2.75) is 32.6 Å². The highest BCUT2D eigenvalue weighted by Gasteiger charge is 2.17. The number of nitrogens with zero attached hydrogens (tertiary/aromatic N) is 2. The number of ether oxygens (including phenoxy) is 1. The number of halogens is 1. The highest BCUT2D eigenvalue weighted by Crippen LogP contribution is 2.27. The number of hydrogen-bond donors (Lipinski definition) is 0. The summed E-state index contributed by atoms with van der Waals surface area (Å²) in [5.41, 5.74) is 1.77. The first kappa shape index (κ1) is 21.0. The minimum absolute atomic E-state index is 0.0676. The fourth-order valence-electron chi connectivity index (χ4n) is 2.67. The van der Waals surface area contributed by atoms with Gasteiger partial charge in [-0.1, -0.05) is 43.7 Å². The maximum atomic E-state index is 13.0. The van der Waals surface area contributed by atoms with Gasteiger partial charge < -0.3 is 9.64 Å². The highest BCUT2D eigenvalue weighted by atomic mass is 79.9. The quantitative estimate of drug-likeness (QED) is 0.486. The van der Waals surface area contributed by atoms with E-state index in [1.54, 1.807) is 17.0 Å². The Morgan fingerprint density at radius 2 is 1.96 bits per heavy atom. The zero-order chi connectivity index (χ0) is 19.5. The van der Waals surface area contributed by atoms with Crippen molar-refractivity contribution in [3.63, 3.8) is 0 Å². The van der Waals surface area contributed by atoms with Gasteiger partial charge in [0.1, 0.15) is 5.75 Å². The van der Waals surface area contributed by atoms with E-state index in [0.29, 0.717) is 31.7 Å². The number of unbranched alkanes of at least 4 members (excludes halogenated alkanes) is 1. The Morgan fingerprint density at radius 1 is 1.19 bits per heavy atom. The van der Waals surface area contributed by atoms with Crippen LogP contribution in [0.25, 0.3) is 0 Å². The minimum Gasteiger partial charge on any atom is -0.492 e. The molecule has 142 valence electrons. The summed E-state index contributed by atoms with van der Waals surface area (Å²) in [5, 5.41) is 8.92. The van der Waals surface area contributed by atoms with Crippen molar-refractivity contribution >= 4 is 21.8 Å². The van der Waals surface area contributed by atoms with Crippen molar-refractivity contribution in [1.82, 2.24) is 4.90 Å². The molecular weight excluding hydrogens is 404 g/mol. The van der Waals surface area contributed by atoms with Gasteiger partial charge in [0.2, 0.25) is 0 Å². The molecule has 0 N–H and O–H groups in total. The lowest BCUT2D eigenvalue weighted by atomic mass is 10.1. The molecule has 0 saturated carbocycles. The maximum absolute atomic E-state index is 13.0. The summed E-state index contributed by atoms with van der Waals surface area (Å²) < 4.78 is 6.50. The van der Waals surface area contributed by atoms with Crippen molar-refractivity contribution < 1.29 is 9.53 Å².